The van der Waals surface area contributed by atoms with Gasteiger partial charge in [-0.1, -0.05) is 0 Å². The minimum absolute atomic E-state index is 0.0445. The predicted octanol–water partition coefficient (Wildman–Crippen LogP) is 4.35. The Labute approximate surface area is 196 Å². The normalized spacial score (nSPS) is 17.0. The Kier molecular flexibility index (Phi) is 6.38. The number of halogens is 4. The van der Waals surface area contributed by atoms with Crippen LogP contribution >= 0.6 is 11.3 Å². The van der Waals surface area contributed by atoms with Crippen molar-refractivity contribution in [1.82, 2.24) is 14.9 Å². The second kappa shape index (κ2) is 8.86. The van der Waals surface area contributed by atoms with Crippen LogP contribution in [0.25, 0.3) is 21.5 Å². The summed E-state index contributed by atoms with van der Waals surface area (Å²) in [4.78, 5) is 23.0. The molecule has 13 heteroatoms. The maximum Gasteiger partial charge on any atom is 0.433 e. The summed E-state index contributed by atoms with van der Waals surface area (Å²) in [6.45, 7) is 1.12. The summed E-state index contributed by atoms with van der Waals surface area (Å²) in [7, 11) is -3.71. The highest BCUT2D eigenvalue weighted by Gasteiger charge is 2.36. The number of nitrogens with zero attached hydrogens (tertiary/aromatic N) is 3. The molecule has 1 aliphatic rings. The second-order valence-corrected chi connectivity index (χ2v) is 10.7. The van der Waals surface area contributed by atoms with Gasteiger partial charge >= 0.3 is 6.18 Å². The second-order valence-electron chi connectivity index (χ2n) is 7.93. The largest absolute Gasteiger partial charge is 0.433 e. The molecule has 4 rings (SSSR count). The molecule has 3 aromatic heterocycles. The van der Waals surface area contributed by atoms with E-state index in [0.717, 1.165) is 23.7 Å². The molecule has 4 heterocycles. The van der Waals surface area contributed by atoms with E-state index in [9.17, 15) is 30.8 Å². The highest BCUT2D eigenvalue weighted by atomic mass is 32.2. The number of aryl methyl sites for hydroxylation is 1. The molecule has 0 aromatic carbocycles. The van der Waals surface area contributed by atoms with Crippen LogP contribution in [0.2, 0.25) is 0 Å². The maximum absolute atomic E-state index is 13.7. The monoisotopic (exact) mass is 517 g/mol. The molecule has 0 spiro atoms. The van der Waals surface area contributed by atoms with E-state index in [1.54, 1.807) is 6.07 Å². The lowest BCUT2D eigenvalue weighted by atomic mass is 9.99. The number of pyridine rings is 2. The topological polar surface area (TPSA) is 89.5 Å². The molecule has 0 aliphatic carbocycles. The lowest BCUT2D eigenvalue weighted by Crippen LogP contribution is -2.30. The number of carbonyl (C=O) groups is 1. The first kappa shape index (κ1) is 24.5. The smallest absolute Gasteiger partial charge is 0.336 e. The van der Waals surface area contributed by atoms with Crippen molar-refractivity contribution in [1.29, 1.82) is 0 Å². The van der Waals surface area contributed by atoms with Crippen LogP contribution in [0.3, 0.4) is 0 Å². The molecule has 0 N–H and O–H groups in total. The van der Waals surface area contributed by atoms with Gasteiger partial charge in [-0.15, -0.1) is 11.3 Å². The molecule has 1 atom stereocenters. The van der Waals surface area contributed by atoms with E-state index in [-0.39, 0.29) is 48.5 Å². The van der Waals surface area contributed by atoms with Crippen LogP contribution in [0.1, 0.15) is 32.9 Å². The van der Waals surface area contributed by atoms with E-state index in [0.29, 0.717) is 15.1 Å². The number of hydrogen-bond acceptors (Lipinski definition) is 7. The van der Waals surface area contributed by atoms with E-state index < -0.39 is 34.1 Å². The molecule has 182 valence electrons. The number of rotatable bonds is 5. The highest BCUT2D eigenvalue weighted by molar-refractivity contribution is 7.85. The fourth-order valence-electron chi connectivity index (χ4n) is 3.75. The Hall–Kier alpha value is -2.64. The van der Waals surface area contributed by atoms with Gasteiger partial charge < -0.3 is 4.90 Å². The van der Waals surface area contributed by atoms with Gasteiger partial charge in [0.1, 0.15) is 18.5 Å². The molecular weight excluding hydrogens is 498 g/mol. The molecule has 1 saturated heterocycles. The van der Waals surface area contributed by atoms with Gasteiger partial charge in [0.15, 0.2) is 0 Å². The third-order valence-corrected chi connectivity index (χ3v) is 6.95. The van der Waals surface area contributed by atoms with Gasteiger partial charge in [0.25, 0.3) is 16.0 Å². The van der Waals surface area contributed by atoms with Gasteiger partial charge in [-0.2, -0.15) is 21.6 Å². The lowest BCUT2D eigenvalue weighted by Gasteiger charge is -2.20. The van der Waals surface area contributed by atoms with Crippen molar-refractivity contribution in [2.75, 3.05) is 19.3 Å². The van der Waals surface area contributed by atoms with E-state index in [1.807, 2.05) is 0 Å². The number of alkyl halides is 4. The summed E-state index contributed by atoms with van der Waals surface area (Å²) in [5.74, 6) is -0.601. The van der Waals surface area contributed by atoms with Gasteiger partial charge in [-0.05, 0) is 37.1 Å². The molecule has 0 saturated carbocycles. The van der Waals surface area contributed by atoms with Gasteiger partial charge in [-0.25, -0.2) is 9.37 Å². The van der Waals surface area contributed by atoms with E-state index >= 15 is 0 Å². The van der Waals surface area contributed by atoms with Gasteiger partial charge in [-0.3, -0.25) is 14.0 Å². The predicted molar refractivity (Wildman–Crippen MR) is 118 cm³/mol. The highest BCUT2D eigenvalue weighted by Crippen LogP contribution is 2.39. The van der Waals surface area contributed by atoms with Crippen LogP contribution in [-0.2, 0) is 27.1 Å². The Morgan fingerprint density at radius 1 is 1.32 bits per heavy atom. The number of likely N-dealkylation sites (tertiary alicyclic amines) is 1. The first-order valence-electron chi connectivity index (χ1n) is 10.1. The molecule has 0 bridgehead atoms. The summed E-state index contributed by atoms with van der Waals surface area (Å²) in [6.07, 6.45) is -3.53. The first-order chi connectivity index (χ1) is 15.8. The third-order valence-electron chi connectivity index (χ3n) is 5.27. The van der Waals surface area contributed by atoms with Crippen molar-refractivity contribution in [2.45, 2.75) is 32.3 Å². The fraction of sp³-hybridized carbons (Fsp3) is 0.381. The van der Waals surface area contributed by atoms with Crippen molar-refractivity contribution in [3.8, 4) is 11.3 Å². The van der Waals surface area contributed by atoms with E-state index in [2.05, 4.69) is 9.97 Å². The SMILES string of the molecule is Cc1cc(C(F)(F)F)nc(-c2ccnc3cc(COS(C)(=O)=O)sc23)c1C(=O)N1CCC(F)C1. The number of amides is 1. The average molecular weight is 518 g/mol. The van der Waals surface area contributed by atoms with Crippen LogP contribution in [0.4, 0.5) is 17.6 Å². The van der Waals surface area contributed by atoms with Crippen LogP contribution in [0.5, 0.6) is 0 Å². The van der Waals surface area contributed by atoms with Crippen molar-refractivity contribution >= 4 is 37.6 Å². The minimum Gasteiger partial charge on any atom is -0.336 e. The van der Waals surface area contributed by atoms with E-state index in [1.165, 1.54) is 24.1 Å². The van der Waals surface area contributed by atoms with Gasteiger partial charge in [0.2, 0.25) is 0 Å². The summed E-state index contributed by atoms with van der Waals surface area (Å²) in [6, 6.07) is 3.81. The minimum atomic E-state index is -4.76. The zero-order valence-corrected chi connectivity index (χ0v) is 19.7. The van der Waals surface area contributed by atoms with Crippen LogP contribution in [0, 0.1) is 6.92 Å². The van der Waals surface area contributed by atoms with Crippen molar-refractivity contribution in [2.24, 2.45) is 0 Å². The maximum atomic E-state index is 13.7. The molecule has 34 heavy (non-hydrogen) atoms. The van der Waals surface area contributed by atoms with Crippen LogP contribution < -0.4 is 0 Å². The molecule has 3 aromatic rings. The average Bonchev–Trinajstić information content (AvgIpc) is 3.35. The quantitative estimate of drug-likeness (QED) is 0.369. The summed E-state index contributed by atoms with van der Waals surface area (Å²) < 4.78 is 82.4. The standard InChI is InChI=1S/C21H19F4N3O4S2/c1-11-7-16(21(23,24)25)27-18(17(11)20(29)28-6-4-12(22)9-28)14-3-5-26-15-8-13(33-19(14)15)10-32-34(2,30)31/h3,5,7-8,12H,4,6,9-10H2,1-2H3. The zero-order chi connectivity index (χ0) is 24.8. The van der Waals surface area contributed by atoms with Crippen LogP contribution in [0.15, 0.2) is 24.4 Å². The summed E-state index contributed by atoms with van der Waals surface area (Å²) in [5.41, 5.74) is -0.722. The molecule has 1 unspecified atom stereocenters. The Morgan fingerprint density at radius 3 is 2.68 bits per heavy atom. The summed E-state index contributed by atoms with van der Waals surface area (Å²) in [5, 5.41) is 0. The Morgan fingerprint density at radius 2 is 2.06 bits per heavy atom. The molecule has 1 amide bonds. The number of aromatic nitrogens is 2. The number of fused-ring (bicyclic) bond motifs is 1. The van der Waals surface area contributed by atoms with Gasteiger partial charge in [0.05, 0.1) is 34.3 Å². The number of hydrogen-bond donors (Lipinski definition) is 0. The first-order valence-corrected chi connectivity index (χ1v) is 12.7. The molecular formula is C21H19F4N3O4S2. The number of thiophene rings is 1. The molecule has 0 radical (unpaired) electrons. The van der Waals surface area contributed by atoms with Gasteiger partial charge in [0, 0.05) is 23.2 Å². The van der Waals surface area contributed by atoms with Crippen molar-refractivity contribution in [3.63, 3.8) is 0 Å². The van der Waals surface area contributed by atoms with Crippen LogP contribution in [-0.4, -0.2) is 54.7 Å². The lowest BCUT2D eigenvalue weighted by molar-refractivity contribution is -0.141. The van der Waals surface area contributed by atoms with E-state index in [4.69, 9.17) is 4.18 Å². The van der Waals surface area contributed by atoms with Crippen molar-refractivity contribution in [3.05, 3.63) is 46.1 Å². The molecule has 7 nitrogen and oxygen atoms in total. The number of carbonyl (C=O) groups excluding carboxylic acids is 1. The van der Waals surface area contributed by atoms with Crippen molar-refractivity contribution < 1.29 is 35.0 Å². The molecule has 1 aliphatic heterocycles. The summed E-state index contributed by atoms with van der Waals surface area (Å²) >= 11 is 1.07. The Bertz CT molecular complexity index is 1370. The zero-order valence-electron chi connectivity index (χ0n) is 18.0. The molecule has 1 fully saturated rings. The third kappa shape index (κ3) is 5.05. The fourth-order valence-corrected chi connectivity index (χ4v) is 5.21. The Balaban J connectivity index is 1.89.